The van der Waals surface area contributed by atoms with Gasteiger partial charge in [0.25, 0.3) is 0 Å². The lowest BCUT2D eigenvalue weighted by Crippen LogP contribution is -2.41. The highest BCUT2D eigenvalue weighted by Crippen LogP contribution is 2.45. The van der Waals surface area contributed by atoms with Gasteiger partial charge in [-0.15, -0.1) is 0 Å². The topological polar surface area (TPSA) is 65.0 Å². The number of guanidine groups is 1. The van der Waals surface area contributed by atoms with Crippen LogP contribution in [0, 0.1) is 5.41 Å². The molecule has 1 aromatic carbocycles. The van der Waals surface area contributed by atoms with Crippen LogP contribution in [0.1, 0.15) is 44.6 Å². The van der Waals surface area contributed by atoms with Gasteiger partial charge in [0, 0.05) is 33.7 Å². The largest absolute Gasteiger partial charge is 0.357 e. The van der Waals surface area contributed by atoms with E-state index in [9.17, 15) is 8.42 Å². The Bertz CT molecular complexity index is 783. The third-order valence-electron chi connectivity index (χ3n) is 5.87. The van der Waals surface area contributed by atoms with E-state index in [2.05, 4.69) is 17.1 Å². The van der Waals surface area contributed by atoms with Gasteiger partial charge in [0.05, 0.1) is 11.4 Å². The molecule has 1 spiro atoms. The van der Waals surface area contributed by atoms with Crippen molar-refractivity contribution in [3.63, 3.8) is 0 Å². The average Bonchev–Trinajstić information content (AvgIpc) is 3.29. The van der Waals surface area contributed by atoms with E-state index < -0.39 is 10.0 Å². The summed E-state index contributed by atoms with van der Waals surface area (Å²) in [6.45, 7) is 5.33. The number of nitrogens with one attached hydrogen (secondary N) is 1. The first-order valence-corrected chi connectivity index (χ1v) is 11.4. The van der Waals surface area contributed by atoms with Gasteiger partial charge in [-0.25, -0.2) is 17.7 Å². The SMILES string of the molecule is CCNC(=NCc1ccccc1S(=O)(=O)N(C)C)N1CCC2(CCCC2)C1. The summed E-state index contributed by atoms with van der Waals surface area (Å²) in [5.41, 5.74) is 1.21. The standard InChI is InChI=1S/C20H32N4O2S/c1-4-21-19(24-14-13-20(16-24)11-7-8-12-20)22-15-17-9-5-6-10-18(17)27(25,26)23(2)3/h5-6,9-10H,4,7-8,11-16H2,1-3H3,(H,21,22). The minimum atomic E-state index is -3.47. The molecular formula is C20H32N4O2S. The van der Waals surface area contributed by atoms with E-state index in [1.807, 2.05) is 12.1 Å². The van der Waals surface area contributed by atoms with E-state index in [0.29, 0.717) is 16.9 Å². The number of sulfonamides is 1. The summed E-state index contributed by atoms with van der Waals surface area (Å²) in [5, 5.41) is 3.40. The molecule has 0 unspecified atom stereocenters. The Kier molecular flexibility index (Phi) is 6.11. The molecule has 0 amide bonds. The van der Waals surface area contributed by atoms with E-state index in [0.717, 1.165) is 31.2 Å². The number of nitrogens with zero attached hydrogens (tertiary/aromatic N) is 3. The molecule has 0 aromatic heterocycles. The van der Waals surface area contributed by atoms with Gasteiger partial charge in [-0.3, -0.25) is 0 Å². The van der Waals surface area contributed by atoms with Crippen molar-refractivity contribution in [1.82, 2.24) is 14.5 Å². The van der Waals surface area contributed by atoms with Gasteiger partial charge >= 0.3 is 0 Å². The Labute approximate surface area is 163 Å². The average molecular weight is 393 g/mol. The molecule has 0 radical (unpaired) electrons. The highest BCUT2D eigenvalue weighted by Gasteiger charge is 2.41. The summed E-state index contributed by atoms with van der Waals surface area (Å²) in [4.78, 5) is 7.50. The van der Waals surface area contributed by atoms with Crippen molar-refractivity contribution in [2.45, 2.75) is 50.5 Å². The zero-order chi connectivity index (χ0) is 19.5. The van der Waals surface area contributed by atoms with Crippen LogP contribution < -0.4 is 5.32 Å². The van der Waals surface area contributed by atoms with Crippen LogP contribution >= 0.6 is 0 Å². The Balaban J connectivity index is 1.81. The fraction of sp³-hybridized carbons (Fsp3) is 0.650. The van der Waals surface area contributed by atoms with Crippen LogP contribution in [0.2, 0.25) is 0 Å². The predicted molar refractivity (Wildman–Crippen MR) is 109 cm³/mol. The van der Waals surface area contributed by atoms with Crippen LogP contribution in [-0.4, -0.2) is 57.3 Å². The third kappa shape index (κ3) is 4.29. The molecule has 1 heterocycles. The summed E-state index contributed by atoms with van der Waals surface area (Å²) < 4.78 is 26.5. The molecule has 1 N–H and O–H groups in total. The van der Waals surface area contributed by atoms with Crippen molar-refractivity contribution in [2.24, 2.45) is 10.4 Å². The first-order valence-electron chi connectivity index (χ1n) is 9.92. The number of rotatable bonds is 5. The van der Waals surface area contributed by atoms with Crippen LogP contribution in [0.4, 0.5) is 0 Å². The van der Waals surface area contributed by atoms with Gasteiger partial charge in [-0.2, -0.15) is 0 Å². The summed E-state index contributed by atoms with van der Waals surface area (Å²) in [6.07, 6.45) is 6.58. The number of benzene rings is 1. The first-order chi connectivity index (χ1) is 12.9. The third-order valence-corrected chi connectivity index (χ3v) is 7.78. The van der Waals surface area contributed by atoms with Crippen LogP contribution in [0.3, 0.4) is 0 Å². The molecule has 1 saturated heterocycles. The van der Waals surface area contributed by atoms with E-state index in [1.54, 1.807) is 26.2 Å². The Morgan fingerprint density at radius 2 is 1.93 bits per heavy atom. The van der Waals surface area contributed by atoms with Gasteiger partial charge in [0.1, 0.15) is 0 Å². The highest BCUT2D eigenvalue weighted by atomic mass is 32.2. The minimum absolute atomic E-state index is 0.336. The quantitative estimate of drug-likeness (QED) is 0.618. The Morgan fingerprint density at radius 1 is 1.22 bits per heavy atom. The predicted octanol–water partition coefficient (Wildman–Crippen LogP) is 2.67. The molecular weight excluding hydrogens is 360 g/mol. The van der Waals surface area contributed by atoms with Crippen LogP contribution in [-0.2, 0) is 16.6 Å². The van der Waals surface area contributed by atoms with Crippen LogP contribution in [0.15, 0.2) is 34.2 Å². The zero-order valence-electron chi connectivity index (χ0n) is 16.7. The second-order valence-corrected chi connectivity index (χ2v) is 10.1. The first kappa shape index (κ1) is 20.1. The van der Waals surface area contributed by atoms with Crippen molar-refractivity contribution in [1.29, 1.82) is 0 Å². The fourth-order valence-electron chi connectivity index (χ4n) is 4.32. The lowest BCUT2D eigenvalue weighted by Gasteiger charge is -2.26. The molecule has 1 aliphatic heterocycles. The maximum atomic E-state index is 12.6. The number of hydrogen-bond donors (Lipinski definition) is 1. The Hall–Kier alpha value is -1.60. The summed E-state index contributed by atoms with van der Waals surface area (Å²) >= 11 is 0. The molecule has 0 bridgehead atoms. The van der Waals surface area contributed by atoms with Gasteiger partial charge < -0.3 is 10.2 Å². The van der Waals surface area contributed by atoms with Crippen molar-refractivity contribution < 1.29 is 8.42 Å². The fourth-order valence-corrected chi connectivity index (χ4v) is 5.43. The van der Waals surface area contributed by atoms with Gasteiger partial charge in [-0.05, 0) is 43.2 Å². The number of aliphatic imine (C=N–C) groups is 1. The molecule has 1 aromatic rings. The number of likely N-dealkylation sites (tertiary alicyclic amines) is 1. The minimum Gasteiger partial charge on any atom is -0.357 e. The molecule has 2 aliphatic rings. The molecule has 27 heavy (non-hydrogen) atoms. The second-order valence-electron chi connectivity index (χ2n) is 7.94. The molecule has 3 rings (SSSR count). The van der Waals surface area contributed by atoms with E-state index in [4.69, 9.17) is 4.99 Å². The summed E-state index contributed by atoms with van der Waals surface area (Å²) in [6, 6.07) is 7.15. The van der Waals surface area contributed by atoms with E-state index >= 15 is 0 Å². The van der Waals surface area contributed by atoms with Crippen LogP contribution in [0.5, 0.6) is 0 Å². The molecule has 7 heteroatoms. The normalized spacial score (nSPS) is 20.0. The summed E-state index contributed by atoms with van der Waals surface area (Å²) in [5.74, 6) is 0.901. The van der Waals surface area contributed by atoms with Gasteiger partial charge in [0.15, 0.2) is 5.96 Å². The van der Waals surface area contributed by atoms with Crippen LogP contribution in [0.25, 0.3) is 0 Å². The second kappa shape index (κ2) is 8.19. The monoisotopic (exact) mass is 392 g/mol. The molecule has 1 aliphatic carbocycles. The van der Waals surface area contributed by atoms with Crippen molar-refractivity contribution in [3.8, 4) is 0 Å². The molecule has 2 fully saturated rings. The van der Waals surface area contributed by atoms with Crippen molar-refractivity contribution >= 4 is 16.0 Å². The maximum absolute atomic E-state index is 12.6. The zero-order valence-corrected chi connectivity index (χ0v) is 17.6. The summed E-state index contributed by atoms with van der Waals surface area (Å²) in [7, 11) is -0.354. The maximum Gasteiger partial charge on any atom is 0.242 e. The number of hydrogen-bond acceptors (Lipinski definition) is 3. The molecule has 1 saturated carbocycles. The molecule has 0 atom stereocenters. The molecule has 150 valence electrons. The van der Waals surface area contributed by atoms with E-state index in [-0.39, 0.29) is 0 Å². The van der Waals surface area contributed by atoms with Gasteiger partial charge in [-0.1, -0.05) is 31.0 Å². The van der Waals surface area contributed by atoms with E-state index in [1.165, 1.54) is 36.4 Å². The van der Waals surface area contributed by atoms with Gasteiger partial charge in [0.2, 0.25) is 10.0 Å². The highest BCUT2D eigenvalue weighted by molar-refractivity contribution is 7.89. The Morgan fingerprint density at radius 3 is 2.59 bits per heavy atom. The lowest BCUT2D eigenvalue weighted by molar-refractivity contribution is 0.309. The van der Waals surface area contributed by atoms with Crippen molar-refractivity contribution in [2.75, 3.05) is 33.7 Å². The molecule has 6 nitrogen and oxygen atoms in total. The lowest BCUT2D eigenvalue weighted by atomic mass is 9.86. The van der Waals surface area contributed by atoms with Crippen molar-refractivity contribution in [3.05, 3.63) is 29.8 Å². The smallest absolute Gasteiger partial charge is 0.242 e.